The van der Waals surface area contributed by atoms with Gasteiger partial charge in [-0.2, -0.15) is 0 Å². The highest BCUT2D eigenvalue weighted by atomic mass is 16.5. The van der Waals surface area contributed by atoms with Crippen molar-refractivity contribution in [3.63, 3.8) is 0 Å². The molecule has 1 aliphatic heterocycles. The molecule has 0 saturated carbocycles. The third-order valence-electron chi connectivity index (χ3n) is 5.45. The molecule has 1 fully saturated rings. The topological polar surface area (TPSA) is 21.3 Å². The van der Waals surface area contributed by atoms with Crippen molar-refractivity contribution in [3.8, 4) is 0 Å². The maximum absolute atomic E-state index is 6.02. The van der Waals surface area contributed by atoms with E-state index >= 15 is 0 Å². The van der Waals surface area contributed by atoms with Crippen molar-refractivity contribution in [2.24, 2.45) is 0 Å². The third-order valence-corrected chi connectivity index (χ3v) is 5.45. The zero-order valence-corrected chi connectivity index (χ0v) is 15.8. The van der Waals surface area contributed by atoms with E-state index in [1.165, 1.54) is 16.7 Å². The Morgan fingerprint density at radius 1 is 1.00 bits per heavy atom. The van der Waals surface area contributed by atoms with E-state index in [2.05, 4.69) is 80.7 Å². The molecule has 3 rings (SSSR count). The Balaban J connectivity index is 1.69. The van der Waals surface area contributed by atoms with Crippen molar-refractivity contribution in [2.75, 3.05) is 13.2 Å². The zero-order chi connectivity index (χ0) is 17.8. The van der Waals surface area contributed by atoms with Crippen molar-refractivity contribution >= 4 is 0 Å². The molecule has 2 aromatic rings. The summed E-state index contributed by atoms with van der Waals surface area (Å²) in [6.07, 6.45) is 3.33. The summed E-state index contributed by atoms with van der Waals surface area (Å²) in [7, 11) is 0. The molecule has 2 heteroatoms. The molecular weight excluding hydrogens is 306 g/mol. The van der Waals surface area contributed by atoms with Crippen LogP contribution in [0.3, 0.4) is 0 Å². The summed E-state index contributed by atoms with van der Waals surface area (Å²) in [5.41, 5.74) is 4.30. The molecular formula is C23H31NO. The molecule has 0 bridgehead atoms. The first-order chi connectivity index (χ1) is 12.0. The monoisotopic (exact) mass is 337 g/mol. The predicted octanol–water partition coefficient (Wildman–Crippen LogP) is 5.00. The fraction of sp³-hybridized carbons (Fsp3) is 0.478. The SMILES string of the molecule is Cc1ccc([C@@]2(CCNCc3ccccc3)CCOC(C)(C)C2)cc1. The minimum Gasteiger partial charge on any atom is -0.376 e. The van der Waals surface area contributed by atoms with Gasteiger partial charge in [0.05, 0.1) is 5.60 Å². The Labute approximate surface area is 152 Å². The normalized spacial score (nSPS) is 22.7. The molecule has 2 aromatic carbocycles. The van der Waals surface area contributed by atoms with Crippen LogP contribution in [0, 0.1) is 6.92 Å². The Kier molecular flexibility index (Phi) is 5.61. The van der Waals surface area contributed by atoms with E-state index in [-0.39, 0.29) is 11.0 Å². The van der Waals surface area contributed by atoms with Crippen LogP contribution >= 0.6 is 0 Å². The fourth-order valence-corrected chi connectivity index (χ4v) is 4.14. The quantitative estimate of drug-likeness (QED) is 0.749. The highest BCUT2D eigenvalue weighted by Gasteiger charge is 2.41. The molecule has 2 nitrogen and oxygen atoms in total. The van der Waals surface area contributed by atoms with Crippen LogP contribution < -0.4 is 5.32 Å². The smallest absolute Gasteiger partial charge is 0.0635 e. The minimum absolute atomic E-state index is 0.0530. The number of nitrogens with one attached hydrogen (secondary N) is 1. The first kappa shape index (κ1) is 18.2. The number of ether oxygens (including phenoxy) is 1. The average Bonchev–Trinajstić information content (AvgIpc) is 2.59. The molecule has 0 aliphatic carbocycles. The van der Waals surface area contributed by atoms with Gasteiger partial charge in [0.1, 0.15) is 0 Å². The summed E-state index contributed by atoms with van der Waals surface area (Å²) in [5, 5.41) is 3.64. The first-order valence-electron chi connectivity index (χ1n) is 9.45. The summed E-state index contributed by atoms with van der Waals surface area (Å²) in [6, 6.07) is 19.8. The Hall–Kier alpha value is -1.64. The summed E-state index contributed by atoms with van der Waals surface area (Å²) in [6.45, 7) is 9.42. The molecule has 25 heavy (non-hydrogen) atoms. The molecule has 1 heterocycles. The molecule has 1 aliphatic rings. The maximum atomic E-state index is 6.02. The van der Waals surface area contributed by atoms with Gasteiger partial charge >= 0.3 is 0 Å². The van der Waals surface area contributed by atoms with Gasteiger partial charge < -0.3 is 10.1 Å². The first-order valence-corrected chi connectivity index (χ1v) is 9.45. The predicted molar refractivity (Wildman–Crippen MR) is 105 cm³/mol. The van der Waals surface area contributed by atoms with E-state index in [0.717, 1.165) is 39.0 Å². The van der Waals surface area contributed by atoms with Crippen LogP contribution in [0.4, 0.5) is 0 Å². The Morgan fingerprint density at radius 2 is 1.72 bits per heavy atom. The van der Waals surface area contributed by atoms with Crippen molar-refractivity contribution in [1.29, 1.82) is 0 Å². The van der Waals surface area contributed by atoms with Gasteiger partial charge in [-0.25, -0.2) is 0 Å². The van der Waals surface area contributed by atoms with Crippen LogP contribution in [0.25, 0.3) is 0 Å². The van der Waals surface area contributed by atoms with E-state index in [9.17, 15) is 0 Å². The molecule has 134 valence electrons. The number of rotatable bonds is 6. The zero-order valence-electron chi connectivity index (χ0n) is 15.8. The van der Waals surface area contributed by atoms with E-state index < -0.39 is 0 Å². The second-order valence-corrected chi connectivity index (χ2v) is 8.09. The van der Waals surface area contributed by atoms with E-state index in [1.807, 2.05) is 0 Å². The average molecular weight is 338 g/mol. The van der Waals surface area contributed by atoms with Crippen LogP contribution in [0.1, 0.15) is 49.8 Å². The number of hydrogen-bond donors (Lipinski definition) is 1. The lowest BCUT2D eigenvalue weighted by molar-refractivity contribution is -0.0840. The standard InChI is InChI=1S/C23H31NO/c1-19-9-11-21(12-10-19)23(14-16-25-22(2,3)18-23)13-15-24-17-20-7-5-4-6-8-20/h4-12,24H,13-18H2,1-3H3/t23-/m0/s1. The number of hydrogen-bond acceptors (Lipinski definition) is 2. The highest BCUT2D eigenvalue weighted by Crippen LogP contribution is 2.43. The second kappa shape index (κ2) is 7.72. The van der Waals surface area contributed by atoms with Gasteiger partial charge in [0.2, 0.25) is 0 Å². The lowest BCUT2D eigenvalue weighted by Crippen LogP contribution is -2.45. The van der Waals surface area contributed by atoms with E-state index in [4.69, 9.17) is 4.74 Å². The van der Waals surface area contributed by atoms with Crippen LogP contribution in [-0.2, 0) is 16.7 Å². The minimum atomic E-state index is -0.0530. The van der Waals surface area contributed by atoms with Crippen molar-refractivity contribution < 1.29 is 4.74 Å². The van der Waals surface area contributed by atoms with Crippen LogP contribution in [0.2, 0.25) is 0 Å². The lowest BCUT2D eigenvalue weighted by atomic mass is 9.67. The van der Waals surface area contributed by atoms with Crippen molar-refractivity contribution in [1.82, 2.24) is 5.32 Å². The van der Waals surface area contributed by atoms with Crippen LogP contribution in [-0.4, -0.2) is 18.8 Å². The molecule has 0 spiro atoms. The highest BCUT2D eigenvalue weighted by molar-refractivity contribution is 5.30. The summed E-state index contributed by atoms with van der Waals surface area (Å²) >= 11 is 0. The van der Waals surface area contributed by atoms with Gasteiger partial charge in [-0.1, -0.05) is 60.2 Å². The van der Waals surface area contributed by atoms with Gasteiger partial charge in [0.15, 0.2) is 0 Å². The number of benzene rings is 2. The van der Waals surface area contributed by atoms with Gasteiger partial charge in [-0.15, -0.1) is 0 Å². The fourth-order valence-electron chi connectivity index (χ4n) is 4.14. The van der Waals surface area contributed by atoms with Crippen LogP contribution in [0.5, 0.6) is 0 Å². The summed E-state index contributed by atoms with van der Waals surface area (Å²) in [4.78, 5) is 0. The largest absolute Gasteiger partial charge is 0.376 e. The summed E-state index contributed by atoms with van der Waals surface area (Å²) in [5.74, 6) is 0. The molecule has 1 saturated heterocycles. The molecule has 1 atom stereocenters. The Morgan fingerprint density at radius 3 is 2.40 bits per heavy atom. The maximum Gasteiger partial charge on any atom is 0.0635 e. The third kappa shape index (κ3) is 4.71. The van der Waals surface area contributed by atoms with E-state index in [0.29, 0.717) is 0 Å². The molecule has 0 aromatic heterocycles. The van der Waals surface area contributed by atoms with Crippen LogP contribution in [0.15, 0.2) is 54.6 Å². The van der Waals surface area contributed by atoms with Gasteiger partial charge in [0.25, 0.3) is 0 Å². The van der Waals surface area contributed by atoms with Gasteiger partial charge in [-0.05, 0) is 57.7 Å². The van der Waals surface area contributed by atoms with Crippen molar-refractivity contribution in [3.05, 3.63) is 71.3 Å². The number of aryl methyl sites for hydroxylation is 1. The molecule has 1 N–H and O–H groups in total. The molecule has 0 radical (unpaired) electrons. The lowest BCUT2D eigenvalue weighted by Gasteiger charge is -2.45. The van der Waals surface area contributed by atoms with Gasteiger partial charge in [-0.3, -0.25) is 0 Å². The summed E-state index contributed by atoms with van der Waals surface area (Å²) < 4.78 is 6.02. The molecule has 0 amide bonds. The van der Waals surface area contributed by atoms with E-state index in [1.54, 1.807) is 0 Å². The molecule has 0 unspecified atom stereocenters. The second-order valence-electron chi connectivity index (χ2n) is 8.09. The van der Waals surface area contributed by atoms with Crippen molar-refractivity contribution in [2.45, 2.75) is 57.6 Å². The Bertz CT molecular complexity index is 662. The van der Waals surface area contributed by atoms with Gasteiger partial charge in [0, 0.05) is 18.6 Å².